The quantitative estimate of drug-likeness (QED) is 0.738. The zero-order chi connectivity index (χ0) is 12.0. The van der Waals surface area contributed by atoms with E-state index in [1.807, 2.05) is 0 Å². The molecule has 0 aliphatic rings. The lowest BCUT2D eigenvalue weighted by molar-refractivity contribution is -0.139. The van der Waals surface area contributed by atoms with Crippen LogP contribution in [0.4, 0.5) is 0 Å². The van der Waals surface area contributed by atoms with Crippen molar-refractivity contribution in [2.24, 2.45) is 0 Å². The van der Waals surface area contributed by atoms with Crippen molar-refractivity contribution >= 4 is 12.3 Å². The van der Waals surface area contributed by atoms with Gasteiger partial charge in [-0.3, -0.25) is 4.79 Å². The lowest BCUT2D eigenvalue weighted by atomic mass is 10.2. The number of para-hydroxylation sites is 1. The van der Waals surface area contributed by atoms with Crippen molar-refractivity contribution in [2.45, 2.75) is 6.92 Å². The van der Waals surface area contributed by atoms with E-state index in [2.05, 4.69) is 0 Å². The molecule has 0 amide bonds. The third-order valence-corrected chi connectivity index (χ3v) is 1.78. The van der Waals surface area contributed by atoms with E-state index in [1.54, 1.807) is 19.1 Å². The maximum Gasteiger partial charge on any atom is 0.341 e. The summed E-state index contributed by atoms with van der Waals surface area (Å²) in [7, 11) is 0. The monoisotopic (exact) mass is 224 g/mol. The number of rotatable bonds is 6. The Labute approximate surface area is 92.6 Å². The van der Waals surface area contributed by atoms with E-state index in [9.17, 15) is 9.59 Å². The number of ether oxygens (including phenoxy) is 2. The van der Waals surface area contributed by atoms with E-state index in [-0.39, 0.29) is 11.3 Å². The second-order valence-corrected chi connectivity index (χ2v) is 2.91. The van der Waals surface area contributed by atoms with Crippen molar-refractivity contribution in [3.8, 4) is 11.5 Å². The van der Waals surface area contributed by atoms with E-state index < -0.39 is 12.6 Å². The zero-order valence-electron chi connectivity index (χ0n) is 8.80. The molecule has 1 aromatic carbocycles. The Balaban J connectivity index is 2.98. The van der Waals surface area contributed by atoms with Crippen molar-refractivity contribution in [1.29, 1.82) is 0 Å². The highest BCUT2D eigenvalue weighted by Gasteiger charge is 2.11. The minimum absolute atomic E-state index is 0.168. The van der Waals surface area contributed by atoms with Crippen LogP contribution in [0.25, 0.3) is 0 Å². The summed E-state index contributed by atoms with van der Waals surface area (Å²) >= 11 is 0. The van der Waals surface area contributed by atoms with Gasteiger partial charge in [-0.2, -0.15) is 0 Å². The van der Waals surface area contributed by atoms with Crippen LogP contribution < -0.4 is 9.47 Å². The van der Waals surface area contributed by atoms with Crippen molar-refractivity contribution in [2.75, 3.05) is 13.2 Å². The lowest BCUT2D eigenvalue weighted by Crippen LogP contribution is -2.11. The van der Waals surface area contributed by atoms with Gasteiger partial charge in [-0.25, -0.2) is 4.79 Å². The number of benzene rings is 1. The number of hydrogen-bond donors (Lipinski definition) is 1. The second kappa shape index (κ2) is 5.75. The van der Waals surface area contributed by atoms with Crippen LogP contribution in [0.15, 0.2) is 18.2 Å². The highest BCUT2D eigenvalue weighted by Crippen LogP contribution is 2.30. The highest BCUT2D eigenvalue weighted by molar-refractivity contribution is 5.81. The molecule has 0 aliphatic carbocycles. The van der Waals surface area contributed by atoms with Gasteiger partial charge in [0.2, 0.25) is 0 Å². The highest BCUT2D eigenvalue weighted by atomic mass is 16.5. The normalized spacial score (nSPS) is 9.56. The Kier molecular flexibility index (Phi) is 4.32. The van der Waals surface area contributed by atoms with Crippen LogP contribution in [-0.4, -0.2) is 30.6 Å². The molecule has 0 radical (unpaired) electrons. The third-order valence-electron chi connectivity index (χ3n) is 1.78. The zero-order valence-corrected chi connectivity index (χ0v) is 8.80. The predicted molar refractivity (Wildman–Crippen MR) is 56.1 cm³/mol. The third kappa shape index (κ3) is 2.98. The molecule has 1 aromatic rings. The van der Waals surface area contributed by atoms with E-state index >= 15 is 0 Å². The summed E-state index contributed by atoms with van der Waals surface area (Å²) in [5.74, 6) is -0.571. The molecule has 5 heteroatoms. The Morgan fingerprint density at radius 1 is 1.44 bits per heavy atom. The van der Waals surface area contributed by atoms with Gasteiger partial charge in [0.05, 0.1) is 12.2 Å². The molecule has 0 atom stereocenters. The van der Waals surface area contributed by atoms with Crippen LogP contribution in [0.5, 0.6) is 11.5 Å². The molecule has 0 aliphatic heterocycles. The number of hydrogen-bond acceptors (Lipinski definition) is 4. The first-order valence-electron chi connectivity index (χ1n) is 4.74. The summed E-state index contributed by atoms with van der Waals surface area (Å²) in [6.07, 6.45) is 0.597. The van der Waals surface area contributed by atoms with Gasteiger partial charge in [-0.15, -0.1) is 0 Å². The average molecular weight is 224 g/mol. The number of carbonyl (C=O) groups is 2. The van der Waals surface area contributed by atoms with Crippen molar-refractivity contribution in [1.82, 2.24) is 0 Å². The molecule has 1 rings (SSSR count). The summed E-state index contributed by atoms with van der Waals surface area (Å²) in [5, 5.41) is 8.51. The number of carbonyl (C=O) groups excluding carboxylic acids is 1. The molecule has 0 fully saturated rings. The molecule has 0 spiro atoms. The minimum Gasteiger partial charge on any atom is -0.490 e. The summed E-state index contributed by atoms with van der Waals surface area (Å²) < 4.78 is 10.3. The Morgan fingerprint density at radius 2 is 2.19 bits per heavy atom. The molecular weight excluding hydrogens is 212 g/mol. The molecular formula is C11H12O5. The summed E-state index contributed by atoms with van der Waals surface area (Å²) in [4.78, 5) is 21.1. The van der Waals surface area contributed by atoms with Gasteiger partial charge in [0, 0.05) is 0 Å². The van der Waals surface area contributed by atoms with E-state index in [0.717, 1.165) is 0 Å². The van der Waals surface area contributed by atoms with Crippen LogP contribution in [-0.2, 0) is 4.79 Å². The van der Waals surface area contributed by atoms with Crippen LogP contribution in [0.1, 0.15) is 17.3 Å². The molecule has 0 bridgehead atoms. The first-order chi connectivity index (χ1) is 7.69. The van der Waals surface area contributed by atoms with Gasteiger partial charge in [-0.1, -0.05) is 6.07 Å². The molecule has 86 valence electrons. The van der Waals surface area contributed by atoms with Gasteiger partial charge in [0.25, 0.3) is 0 Å². The van der Waals surface area contributed by atoms with Gasteiger partial charge < -0.3 is 14.6 Å². The SMILES string of the molecule is CCOc1cccc(C=O)c1OCC(=O)O. The fourth-order valence-corrected chi connectivity index (χ4v) is 1.18. The first-order valence-corrected chi connectivity index (χ1v) is 4.74. The molecule has 0 heterocycles. The number of carboxylic acids is 1. The van der Waals surface area contributed by atoms with Gasteiger partial charge in [0.15, 0.2) is 24.4 Å². The fourth-order valence-electron chi connectivity index (χ4n) is 1.18. The van der Waals surface area contributed by atoms with E-state index in [0.29, 0.717) is 18.6 Å². The predicted octanol–water partition coefficient (Wildman–Crippen LogP) is 1.36. The summed E-state index contributed by atoms with van der Waals surface area (Å²) in [5.41, 5.74) is 0.271. The molecule has 1 N–H and O–H groups in total. The minimum atomic E-state index is -1.11. The van der Waals surface area contributed by atoms with Crippen LogP contribution >= 0.6 is 0 Å². The van der Waals surface area contributed by atoms with Gasteiger partial charge >= 0.3 is 5.97 Å². The largest absolute Gasteiger partial charge is 0.490 e. The molecule has 0 saturated carbocycles. The van der Waals surface area contributed by atoms with Gasteiger partial charge in [0.1, 0.15) is 0 Å². The maximum absolute atomic E-state index is 10.7. The molecule has 16 heavy (non-hydrogen) atoms. The average Bonchev–Trinajstić information content (AvgIpc) is 2.27. The lowest BCUT2D eigenvalue weighted by Gasteiger charge is -2.11. The Morgan fingerprint density at radius 3 is 2.75 bits per heavy atom. The fraction of sp³-hybridized carbons (Fsp3) is 0.273. The molecule has 5 nitrogen and oxygen atoms in total. The van der Waals surface area contributed by atoms with Crippen molar-refractivity contribution in [3.63, 3.8) is 0 Å². The first kappa shape index (κ1) is 12.0. The van der Waals surface area contributed by atoms with E-state index in [4.69, 9.17) is 14.6 Å². The number of aliphatic carboxylic acids is 1. The van der Waals surface area contributed by atoms with Crippen LogP contribution in [0, 0.1) is 0 Å². The Hall–Kier alpha value is -2.04. The molecule has 0 unspecified atom stereocenters. The number of carboxylic acid groups (broad SMARTS) is 1. The standard InChI is InChI=1S/C11H12O5/c1-2-15-9-5-3-4-8(6-12)11(9)16-7-10(13)14/h3-6H,2,7H2,1H3,(H,13,14). The van der Waals surface area contributed by atoms with Crippen LogP contribution in [0.3, 0.4) is 0 Å². The molecule has 0 saturated heterocycles. The van der Waals surface area contributed by atoms with Crippen LogP contribution in [0.2, 0.25) is 0 Å². The number of aldehydes is 1. The molecule has 0 aromatic heterocycles. The van der Waals surface area contributed by atoms with Crippen molar-refractivity contribution < 1.29 is 24.2 Å². The maximum atomic E-state index is 10.7. The topological polar surface area (TPSA) is 72.8 Å². The van der Waals surface area contributed by atoms with Gasteiger partial charge in [-0.05, 0) is 19.1 Å². The smallest absolute Gasteiger partial charge is 0.341 e. The Bertz CT molecular complexity index is 386. The van der Waals surface area contributed by atoms with Crippen molar-refractivity contribution in [3.05, 3.63) is 23.8 Å². The van der Waals surface area contributed by atoms with E-state index in [1.165, 1.54) is 6.07 Å². The second-order valence-electron chi connectivity index (χ2n) is 2.91. The summed E-state index contributed by atoms with van der Waals surface area (Å²) in [6.45, 7) is 1.69. The summed E-state index contributed by atoms with van der Waals surface area (Å²) in [6, 6.07) is 4.79.